The van der Waals surface area contributed by atoms with Crippen LogP contribution in [0, 0.1) is 5.92 Å². The normalized spacial score (nSPS) is 24.4. The molecule has 1 amide bonds. The first kappa shape index (κ1) is 11.3. The van der Waals surface area contributed by atoms with E-state index in [4.69, 9.17) is 22.1 Å². The topological polar surface area (TPSA) is 77.2 Å². The minimum atomic E-state index is -0.319. The van der Waals surface area contributed by atoms with Crippen LogP contribution in [-0.4, -0.2) is 30.1 Å². The number of hydrogen-bond acceptors (Lipinski definition) is 4. The molecule has 5 nitrogen and oxygen atoms in total. The SMILES string of the molecule is NC1COCC1C(=O)Nc1cc(Cl)ccn1. The third kappa shape index (κ3) is 2.49. The highest BCUT2D eigenvalue weighted by atomic mass is 35.5. The number of carbonyl (C=O) groups excluding carboxylic acids is 1. The molecule has 2 unspecified atom stereocenters. The van der Waals surface area contributed by atoms with Crippen LogP contribution in [0.1, 0.15) is 0 Å². The molecule has 0 aliphatic carbocycles. The summed E-state index contributed by atoms with van der Waals surface area (Å²) in [7, 11) is 0. The Balaban J connectivity index is 2.02. The third-order valence-corrected chi connectivity index (χ3v) is 2.67. The van der Waals surface area contributed by atoms with Crippen LogP contribution in [0.5, 0.6) is 0 Å². The average molecular weight is 242 g/mol. The molecule has 1 aromatic rings. The first-order valence-electron chi connectivity index (χ1n) is 4.92. The molecule has 0 bridgehead atoms. The second-order valence-corrected chi connectivity index (χ2v) is 4.09. The summed E-state index contributed by atoms with van der Waals surface area (Å²) >= 11 is 5.78. The zero-order valence-corrected chi connectivity index (χ0v) is 9.28. The van der Waals surface area contributed by atoms with Crippen molar-refractivity contribution in [2.75, 3.05) is 18.5 Å². The monoisotopic (exact) mass is 241 g/mol. The molecule has 2 atom stereocenters. The van der Waals surface area contributed by atoms with Crippen molar-refractivity contribution in [1.29, 1.82) is 0 Å². The Kier molecular flexibility index (Phi) is 3.38. The van der Waals surface area contributed by atoms with E-state index in [1.165, 1.54) is 6.20 Å². The van der Waals surface area contributed by atoms with Crippen LogP contribution in [0.4, 0.5) is 5.82 Å². The summed E-state index contributed by atoms with van der Waals surface area (Å²) in [4.78, 5) is 15.8. The fourth-order valence-corrected chi connectivity index (χ4v) is 1.69. The summed E-state index contributed by atoms with van der Waals surface area (Å²) in [5, 5.41) is 3.19. The molecular formula is C10H12ClN3O2. The molecule has 1 fully saturated rings. The fourth-order valence-electron chi connectivity index (χ4n) is 1.53. The lowest BCUT2D eigenvalue weighted by Crippen LogP contribution is -2.37. The number of carbonyl (C=O) groups is 1. The molecule has 1 aliphatic rings. The van der Waals surface area contributed by atoms with Crippen LogP contribution in [-0.2, 0) is 9.53 Å². The Morgan fingerprint density at radius 3 is 3.06 bits per heavy atom. The van der Waals surface area contributed by atoms with Gasteiger partial charge in [0, 0.05) is 17.3 Å². The van der Waals surface area contributed by atoms with Gasteiger partial charge in [-0.15, -0.1) is 0 Å². The van der Waals surface area contributed by atoms with Gasteiger partial charge in [-0.05, 0) is 12.1 Å². The van der Waals surface area contributed by atoms with Gasteiger partial charge in [-0.3, -0.25) is 4.79 Å². The van der Waals surface area contributed by atoms with Crippen molar-refractivity contribution in [1.82, 2.24) is 4.98 Å². The van der Waals surface area contributed by atoms with Crippen molar-refractivity contribution < 1.29 is 9.53 Å². The van der Waals surface area contributed by atoms with E-state index in [1.807, 2.05) is 0 Å². The maximum absolute atomic E-state index is 11.8. The van der Waals surface area contributed by atoms with E-state index in [0.29, 0.717) is 24.1 Å². The Morgan fingerprint density at radius 1 is 1.62 bits per heavy atom. The lowest BCUT2D eigenvalue weighted by Gasteiger charge is -2.12. The van der Waals surface area contributed by atoms with Gasteiger partial charge in [-0.2, -0.15) is 0 Å². The fraction of sp³-hybridized carbons (Fsp3) is 0.400. The van der Waals surface area contributed by atoms with Crippen LogP contribution < -0.4 is 11.1 Å². The lowest BCUT2D eigenvalue weighted by atomic mass is 10.0. The summed E-state index contributed by atoms with van der Waals surface area (Å²) < 4.78 is 5.12. The molecule has 2 rings (SSSR count). The number of amides is 1. The standard InChI is InChI=1S/C10H12ClN3O2/c11-6-1-2-13-9(3-6)14-10(15)7-4-16-5-8(7)12/h1-3,7-8H,4-5,12H2,(H,13,14,15). The van der Waals surface area contributed by atoms with Crippen LogP contribution in [0.25, 0.3) is 0 Å². The number of rotatable bonds is 2. The Morgan fingerprint density at radius 2 is 2.44 bits per heavy atom. The van der Waals surface area contributed by atoms with E-state index in [0.717, 1.165) is 0 Å². The van der Waals surface area contributed by atoms with Gasteiger partial charge < -0.3 is 15.8 Å². The van der Waals surface area contributed by atoms with Gasteiger partial charge >= 0.3 is 0 Å². The average Bonchev–Trinajstić information content (AvgIpc) is 2.64. The molecule has 2 heterocycles. The highest BCUT2D eigenvalue weighted by Gasteiger charge is 2.31. The van der Waals surface area contributed by atoms with E-state index < -0.39 is 0 Å². The van der Waals surface area contributed by atoms with E-state index >= 15 is 0 Å². The van der Waals surface area contributed by atoms with Crippen LogP contribution in [0.2, 0.25) is 5.02 Å². The molecule has 0 aromatic carbocycles. The molecule has 0 saturated carbocycles. The molecule has 0 radical (unpaired) electrons. The Hall–Kier alpha value is -1.17. The van der Waals surface area contributed by atoms with Crippen molar-refractivity contribution in [3.8, 4) is 0 Å². The summed E-state index contributed by atoms with van der Waals surface area (Å²) in [6.07, 6.45) is 1.53. The highest BCUT2D eigenvalue weighted by molar-refractivity contribution is 6.30. The smallest absolute Gasteiger partial charge is 0.232 e. The number of ether oxygens (including phenoxy) is 1. The Bertz CT molecular complexity index is 399. The van der Waals surface area contributed by atoms with Gasteiger partial charge in [0.2, 0.25) is 5.91 Å². The second-order valence-electron chi connectivity index (χ2n) is 3.66. The minimum Gasteiger partial charge on any atom is -0.379 e. The van der Waals surface area contributed by atoms with Gasteiger partial charge in [0.15, 0.2) is 0 Å². The molecule has 1 aromatic heterocycles. The van der Waals surface area contributed by atoms with Gasteiger partial charge in [-0.1, -0.05) is 11.6 Å². The maximum Gasteiger partial charge on any atom is 0.232 e. The van der Waals surface area contributed by atoms with E-state index in [2.05, 4.69) is 10.3 Å². The molecule has 86 valence electrons. The van der Waals surface area contributed by atoms with E-state index in [1.54, 1.807) is 12.1 Å². The summed E-state index contributed by atoms with van der Waals surface area (Å²) in [5.41, 5.74) is 5.73. The second kappa shape index (κ2) is 4.78. The minimum absolute atomic E-state index is 0.181. The van der Waals surface area contributed by atoms with Gasteiger partial charge in [0.25, 0.3) is 0 Å². The van der Waals surface area contributed by atoms with Crippen LogP contribution in [0.3, 0.4) is 0 Å². The lowest BCUT2D eigenvalue weighted by molar-refractivity contribution is -0.120. The van der Waals surface area contributed by atoms with Crippen LogP contribution in [0.15, 0.2) is 18.3 Å². The predicted octanol–water partition coefficient (Wildman–Crippen LogP) is 0.647. The molecular weight excluding hydrogens is 230 g/mol. The van der Waals surface area contributed by atoms with Crippen molar-refractivity contribution in [3.05, 3.63) is 23.4 Å². The number of halogens is 1. The number of nitrogens with one attached hydrogen (secondary N) is 1. The van der Waals surface area contributed by atoms with Gasteiger partial charge in [0.05, 0.1) is 19.1 Å². The number of nitrogens with two attached hydrogens (primary N) is 1. The molecule has 3 N–H and O–H groups in total. The quantitative estimate of drug-likeness (QED) is 0.797. The number of nitrogens with zero attached hydrogens (tertiary/aromatic N) is 1. The molecule has 6 heteroatoms. The zero-order valence-electron chi connectivity index (χ0n) is 8.52. The summed E-state index contributed by atoms with van der Waals surface area (Å²) in [6.45, 7) is 0.772. The first-order valence-corrected chi connectivity index (χ1v) is 5.30. The van der Waals surface area contributed by atoms with Crippen molar-refractivity contribution in [2.45, 2.75) is 6.04 Å². The Labute approximate surface area is 97.9 Å². The summed E-state index contributed by atoms with van der Waals surface area (Å²) in [6, 6.07) is 2.97. The summed E-state index contributed by atoms with van der Waals surface area (Å²) in [5.74, 6) is -0.0721. The number of hydrogen-bond donors (Lipinski definition) is 2. The highest BCUT2D eigenvalue weighted by Crippen LogP contribution is 2.16. The number of aromatic nitrogens is 1. The van der Waals surface area contributed by atoms with Gasteiger partial charge in [0.1, 0.15) is 5.82 Å². The predicted molar refractivity (Wildman–Crippen MR) is 60.2 cm³/mol. The van der Waals surface area contributed by atoms with Crippen molar-refractivity contribution in [3.63, 3.8) is 0 Å². The van der Waals surface area contributed by atoms with E-state index in [-0.39, 0.29) is 17.9 Å². The molecule has 1 saturated heterocycles. The van der Waals surface area contributed by atoms with Gasteiger partial charge in [-0.25, -0.2) is 4.98 Å². The number of anilines is 1. The maximum atomic E-state index is 11.8. The van der Waals surface area contributed by atoms with Crippen molar-refractivity contribution >= 4 is 23.3 Å². The molecule has 0 spiro atoms. The molecule has 16 heavy (non-hydrogen) atoms. The largest absolute Gasteiger partial charge is 0.379 e. The van der Waals surface area contributed by atoms with Crippen molar-refractivity contribution in [2.24, 2.45) is 11.7 Å². The molecule has 1 aliphatic heterocycles. The van der Waals surface area contributed by atoms with E-state index in [9.17, 15) is 4.79 Å². The number of pyridine rings is 1. The third-order valence-electron chi connectivity index (χ3n) is 2.43. The first-order chi connectivity index (χ1) is 7.66. The van der Waals surface area contributed by atoms with Crippen LogP contribution >= 0.6 is 11.6 Å². The zero-order chi connectivity index (χ0) is 11.5.